The molecule has 0 N–H and O–H groups in total. The maximum atomic E-state index is 13.0. The zero-order valence-electron chi connectivity index (χ0n) is 47.5. The number of alkyl halides is 3. The van der Waals surface area contributed by atoms with Crippen molar-refractivity contribution < 1.29 is 41.5 Å². The number of fused-ring (bicyclic) bond motifs is 2. The number of nitrogens with zero attached hydrogens (tertiary/aromatic N) is 10. The van der Waals surface area contributed by atoms with Crippen molar-refractivity contribution in [2.75, 3.05) is 13.1 Å². The van der Waals surface area contributed by atoms with Crippen molar-refractivity contribution in [2.45, 2.75) is 143 Å². The second-order valence-corrected chi connectivity index (χ2v) is 24.1. The maximum Gasteiger partial charge on any atom is 0.494 e. The fraction of sp³-hybridized carbons (Fsp3) is 0.400. The first-order chi connectivity index (χ1) is 38.1. The first-order valence-electron chi connectivity index (χ1n) is 27.0. The molecular formula is C60H67BBrF3N10O6. The summed E-state index contributed by atoms with van der Waals surface area (Å²) in [4.78, 5) is 46.3. The number of carbonyl (C=O) groups excluding carboxylic acids is 2. The fourth-order valence-electron chi connectivity index (χ4n) is 9.68. The van der Waals surface area contributed by atoms with E-state index in [2.05, 4.69) is 59.3 Å². The number of carbonyl (C=O) groups is 2. The lowest BCUT2D eigenvalue weighted by Gasteiger charge is -2.32. The van der Waals surface area contributed by atoms with Crippen LogP contribution in [-0.4, -0.2) is 104 Å². The third kappa shape index (κ3) is 13.6. The van der Waals surface area contributed by atoms with Crippen LogP contribution in [0.4, 0.5) is 22.8 Å². The van der Waals surface area contributed by atoms with Gasteiger partial charge in [0, 0.05) is 35.1 Å². The third-order valence-corrected chi connectivity index (χ3v) is 14.7. The number of rotatable bonds is 6. The Hall–Kier alpha value is -7.23. The lowest BCUT2D eigenvalue weighted by molar-refractivity contribution is -0.141. The fourth-order valence-corrected chi connectivity index (χ4v) is 10.0. The largest absolute Gasteiger partial charge is 0.494 e. The van der Waals surface area contributed by atoms with Crippen LogP contribution >= 0.6 is 15.9 Å². The first kappa shape index (κ1) is 58.4. The summed E-state index contributed by atoms with van der Waals surface area (Å²) in [5.74, 6) is 0.878. The Kier molecular flexibility index (Phi) is 16.6. The number of aromatic nitrogens is 8. The van der Waals surface area contributed by atoms with Gasteiger partial charge in [-0.2, -0.15) is 23.4 Å². The Bertz CT molecular complexity index is 3560. The van der Waals surface area contributed by atoms with Crippen molar-refractivity contribution in [3.05, 3.63) is 149 Å². The minimum atomic E-state index is -4.52. The average molecular weight is 1170 g/mol. The van der Waals surface area contributed by atoms with Crippen LogP contribution in [0.3, 0.4) is 0 Å². The van der Waals surface area contributed by atoms with Crippen LogP contribution in [0, 0.1) is 6.92 Å². The van der Waals surface area contributed by atoms with Gasteiger partial charge in [0.2, 0.25) is 0 Å². The van der Waals surface area contributed by atoms with Gasteiger partial charge in [-0.15, -0.1) is 0 Å². The molecule has 81 heavy (non-hydrogen) atoms. The molecule has 0 radical (unpaired) electrons. The molecule has 0 spiro atoms. The summed E-state index contributed by atoms with van der Waals surface area (Å²) in [7, 11) is -0.577. The van der Waals surface area contributed by atoms with Crippen LogP contribution in [0.1, 0.15) is 130 Å². The molecule has 2 atom stereocenters. The number of hydrogen-bond donors (Lipinski definition) is 0. The number of ether oxygens (including phenoxy) is 2. The molecule has 16 nitrogen and oxygen atoms in total. The Morgan fingerprint density at radius 1 is 0.630 bits per heavy atom. The summed E-state index contributed by atoms with van der Waals surface area (Å²) in [5.41, 5.74) is 4.02. The minimum absolute atomic E-state index is 0.0207. The quantitative estimate of drug-likeness (QED) is 0.114. The highest BCUT2D eigenvalue weighted by atomic mass is 79.9. The van der Waals surface area contributed by atoms with Crippen molar-refractivity contribution in [1.82, 2.24) is 49.3 Å². The van der Waals surface area contributed by atoms with Gasteiger partial charge in [-0.25, -0.2) is 33.9 Å². The molecular weight excluding hydrogens is 1100 g/mol. The SMILES string of the molecule is CC(C)(C)OC(=O)N1CCCC1c1cccc(Br)n1.CC1(C)OB(c2ccc3cnn(-c4cccc(C(F)(F)F)n4)c3c2)OC1(C)C.Cc1cccc(-n2ncc3ccc(-c4cccc(C5CCCN5C(=O)OC(C)(C)C)n4)cc32)n1. The molecule has 2 aromatic carbocycles. The molecule has 8 aromatic rings. The van der Waals surface area contributed by atoms with E-state index >= 15 is 0 Å². The van der Waals surface area contributed by atoms with Crippen LogP contribution in [-0.2, 0) is 25.0 Å². The second kappa shape index (κ2) is 23.0. The first-order valence-corrected chi connectivity index (χ1v) is 27.8. The summed E-state index contributed by atoms with van der Waals surface area (Å²) in [6.45, 7) is 22.5. The Balaban J connectivity index is 0.000000153. The van der Waals surface area contributed by atoms with E-state index in [-0.39, 0.29) is 30.1 Å². The monoisotopic (exact) mass is 1170 g/mol. The van der Waals surface area contributed by atoms with Gasteiger partial charge in [0.1, 0.15) is 21.5 Å². The molecule has 3 fully saturated rings. The molecule has 0 saturated carbocycles. The number of amides is 2. The van der Waals surface area contributed by atoms with Gasteiger partial charge in [-0.1, -0.05) is 48.5 Å². The van der Waals surface area contributed by atoms with Gasteiger partial charge in [0.15, 0.2) is 11.6 Å². The number of aryl methyl sites for hydroxylation is 1. The molecule has 6 aromatic heterocycles. The standard InChI is InChI=1S/C27H29N5O2.C19H19BF3N3O2.C14H19BrN2O2/c1-18-8-5-12-25(29-18)32-24-16-19(13-14-20(24)17-28-32)21-9-6-10-22(30-21)23-11-7-15-31(23)26(33)34-27(2,3)4;1-17(2)18(3,4)28-20(27-17)13-9-8-12-11-24-26(14(12)10-13)16-7-5-6-15(25-16)19(21,22)23;1-14(2,3)19-13(18)17-9-5-7-11(17)10-6-4-8-12(15)16-10/h5-6,8-10,12-14,16-17,23H,7,11,15H2,1-4H3;5-11H,1-4H3;4,6,8,11H,5,7,9H2,1-3H3. The van der Waals surface area contributed by atoms with E-state index in [1.54, 1.807) is 16.0 Å². The highest BCUT2D eigenvalue weighted by molar-refractivity contribution is 9.10. The number of pyridine rings is 4. The van der Waals surface area contributed by atoms with E-state index < -0.39 is 41.4 Å². The highest BCUT2D eigenvalue weighted by Gasteiger charge is 2.52. The molecule has 9 heterocycles. The summed E-state index contributed by atoms with van der Waals surface area (Å²) in [6.07, 6.45) is 2.11. The van der Waals surface area contributed by atoms with Gasteiger partial charge in [-0.05, 0) is 184 Å². The van der Waals surface area contributed by atoms with Crippen molar-refractivity contribution in [3.8, 4) is 22.9 Å². The number of likely N-dealkylation sites (tertiary alicyclic amines) is 2. The summed E-state index contributed by atoms with van der Waals surface area (Å²) >= 11 is 3.37. The third-order valence-electron chi connectivity index (χ3n) is 14.3. The normalized spacial score (nSPS) is 17.9. The lowest BCUT2D eigenvalue weighted by Crippen LogP contribution is -2.41. The predicted molar refractivity (Wildman–Crippen MR) is 308 cm³/mol. The van der Waals surface area contributed by atoms with Gasteiger partial charge in [0.25, 0.3) is 0 Å². The van der Waals surface area contributed by atoms with Crippen molar-refractivity contribution in [1.29, 1.82) is 0 Å². The molecule has 424 valence electrons. The minimum Gasteiger partial charge on any atom is -0.444 e. The summed E-state index contributed by atoms with van der Waals surface area (Å²) in [6, 6.07) is 33.1. The van der Waals surface area contributed by atoms with E-state index in [9.17, 15) is 22.8 Å². The van der Waals surface area contributed by atoms with E-state index in [1.807, 2.05) is 160 Å². The van der Waals surface area contributed by atoms with Crippen LogP contribution in [0.25, 0.3) is 44.7 Å². The highest BCUT2D eigenvalue weighted by Crippen LogP contribution is 2.38. The maximum absolute atomic E-state index is 13.0. The van der Waals surface area contributed by atoms with Crippen molar-refractivity contribution in [2.24, 2.45) is 0 Å². The molecule has 11 rings (SSSR count). The number of halogens is 4. The topological polar surface area (TPSA) is 165 Å². The number of hydrogen-bond acceptors (Lipinski definition) is 12. The molecule has 0 bridgehead atoms. The zero-order chi connectivity index (χ0) is 58.2. The second-order valence-electron chi connectivity index (χ2n) is 23.3. The molecule has 2 unspecified atom stereocenters. The van der Waals surface area contributed by atoms with Gasteiger partial charge >= 0.3 is 25.5 Å². The van der Waals surface area contributed by atoms with E-state index in [4.69, 9.17) is 23.8 Å². The molecule has 21 heteroatoms. The van der Waals surface area contributed by atoms with Gasteiger partial charge in [-0.3, -0.25) is 14.8 Å². The molecule has 0 aliphatic carbocycles. The van der Waals surface area contributed by atoms with Crippen LogP contribution in [0.2, 0.25) is 0 Å². The van der Waals surface area contributed by atoms with E-state index in [1.165, 1.54) is 16.8 Å². The Morgan fingerprint density at radius 3 is 1.68 bits per heavy atom. The zero-order valence-corrected chi connectivity index (χ0v) is 49.0. The summed E-state index contributed by atoms with van der Waals surface area (Å²) < 4.78 is 66.3. The van der Waals surface area contributed by atoms with Crippen LogP contribution in [0.15, 0.2) is 126 Å². The molecule has 3 aliphatic heterocycles. The van der Waals surface area contributed by atoms with Gasteiger partial charge < -0.3 is 18.8 Å². The van der Waals surface area contributed by atoms with E-state index in [0.29, 0.717) is 12.1 Å². The average Bonchev–Trinajstić information content (AvgIpc) is 4.29. The molecule has 3 saturated heterocycles. The predicted octanol–water partition coefficient (Wildman–Crippen LogP) is 13.5. The molecule has 2 amide bonds. The number of benzene rings is 2. The smallest absolute Gasteiger partial charge is 0.444 e. The lowest BCUT2D eigenvalue weighted by atomic mass is 9.79. The summed E-state index contributed by atoms with van der Waals surface area (Å²) in [5, 5.41) is 10.6. The van der Waals surface area contributed by atoms with Gasteiger partial charge in [0.05, 0.1) is 63.8 Å². The Morgan fingerprint density at radius 2 is 1.14 bits per heavy atom. The Labute approximate surface area is 478 Å². The van der Waals surface area contributed by atoms with Crippen molar-refractivity contribution in [3.63, 3.8) is 0 Å². The van der Waals surface area contributed by atoms with Crippen LogP contribution < -0.4 is 5.46 Å². The van der Waals surface area contributed by atoms with Crippen molar-refractivity contribution >= 4 is 62.5 Å². The van der Waals surface area contributed by atoms with Crippen LogP contribution in [0.5, 0.6) is 0 Å². The molecule has 3 aliphatic rings. The van der Waals surface area contributed by atoms with E-state index in [0.717, 1.165) is 98.8 Å².